The molecule has 0 unspecified atom stereocenters. The number of aromatic nitrogens is 3. The van der Waals surface area contributed by atoms with Crippen LogP contribution in [0.4, 0.5) is 0 Å². The highest BCUT2D eigenvalue weighted by Crippen LogP contribution is 2.28. The van der Waals surface area contributed by atoms with E-state index in [0.717, 1.165) is 22.2 Å². The van der Waals surface area contributed by atoms with Crippen LogP contribution in [0.15, 0.2) is 66.4 Å². The van der Waals surface area contributed by atoms with Crippen molar-refractivity contribution >= 4 is 23.7 Å². The van der Waals surface area contributed by atoms with Gasteiger partial charge in [-0.15, -0.1) is 16.8 Å². The molecule has 2 aromatic carbocycles. The van der Waals surface area contributed by atoms with Crippen molar-refractivity contribution in [3.8, 4) is 23.0 Å². The molecule has 0 aliphatic rings. The molecule has 0 spiro atoms. The molecule has 190 valence electrons. The molecule has 0 saturated heterocycles. The summed E-state index contributed by atoms with van der Waals surface area (Å²) in [5, 5.41) is 12.1. The monoisotopic (exact) mass is 510 g/mol. The quantitative estimate of drug-likeness (QED) is 0.151. The molecule has 10 heteroatoms. The average Bonchev–Trinajstić information content (AvgIpc) is 3.30. The Kier molecular flexibility index (Phi) is 10.3. The predicted molar refractivity (Wildman–Crippen MR) is 140 cm³/mol. The van der Waals surface area contributed by atoms with Crippen LogP contribution >= 0.6 is 11.8 Å². The summed E-state index contributed by atoms with van der Waals surface area (Å²) in [7, 11) is 4.77. The van der Waals surface area contributed by atoms with Gasteiger partial charge in [-0.05, 0) is 48.0 Å². The van der Waals surface area contributed by atoms with Crippen LogP contribution in [0, 0.1) is 0 Å². The van der Waals surface area contributed by atoms with E-state index in [-0.39, 0.29) is 12.5 Å². The van der Waals surface area contributed by atoms with Crippen LogP contribution in [0.1, 0.15) is 11.4 Å². The van der Waals surface area contributed by atoms with Gasteiger partial charge in [-0.1, -0.05) is 23.9 Å². The van der Waals surface area contributed by atoms with Crippen molar-refractivity contribution in [2.75, 3.05) is 33.7 Å². The SMILES string of the molecule is C=CCn1c(CNC(=O)C=Cc2ccc(OC)c(OC)c2)nnc1SCCOc1ccc(OC)cc1. The lowest BCUT2D eigenvalue weighted by atomic mass is 10.2. The minimum atomic E-state index is -0.250. The number of hydrogen-bond acceptors (Lipinski definition) is 8. The number of allylic oxidation sites excluding steroid dienone is 1. The van der Waals surface area contributed by atoms with Crippen molar-refractivity contribution in [1.29, 1.82) is 0 Å². The zero-order valence-corrected chi connectivity index (χ0v) is 21.4. The lowest BCUT2D eigenvalue weighted by molar-refractivity contribution is -0.116. The average molecular weight is 511 g/mol. The van der Waals surface area contributed by atoms with E-state index < -0.39 is 0 Å². The molecule has 1 aromatic heterocycles. The van der Waals surface area contributed by atoms with Crippen LogP contribution in [-0.4, -0.2) is 54.4 Å². The molecule has 0 saturated carbocycles. The van der Waals surface area contributed by atoms with E-state index in [2.05, 4.69) is 22.1 Å². The van der Waals surface area contributed by atoms with Crippen LogP contribution in [0.2, 0.25) is 0 Å². The molecule has 3 rings (SSSR count). The minimum absolute atomic E-state index is 0.235. The first kappa shape index (κ1) is 26.7. The van der Waals surface area contributed by atoms with Gasteiger partial charge in [0.05, 0.1) is 34.5 Å². The molecule has 36 heavy (non-hydrogen) atoms. The third-order valence-electron chi connectivity index (χ3n) is 5.00. The molecule has 1 amide bonds. The summed E-state index contributed by atoms with van der Waals surface area (Å²) in [6.07, 6.45) is 4.93. The molecule has 0 radical (unpaired) electrons. The standard InChI is InChI=1S/C26H30N4O5S/c1-5-14-30-24(18-27-25(31)13-7-19-6-12-22(33-3)23(17-19)34-4)28-29-26(30)36-16-15-35-21-10-8-20(32-2)9-11-21/h5-13,17H,1,14-16,18H2,2-4H3,(H,27,31). The first-order chi connectivity index (χ1) is 17.6. The topological polar surface area (TPSA) is 96.7 Å². The number of hydrogen-bond donors (Lipinski definition) is 1. The lowest BCUT2D eigenvalue weighted by Gasteiger charge is -2.09. The number of rotatable bonds is 14. The van der Waals surface area contributed by atoms with Crippen molar-refractivity contribution in [3.05, 3.63) is 72.6 Å². The van der Waals surface area contributed by atoms with E-state index in [1.807, 2.05) is 34.9 Å². The summed E-state index contributed by atoms with van der Waals surface area (Å²) in [4.78, 5) is 12.4. The predicted octanol–water partition coefficient (Wildman–Crippen LogP) is 3.99. The zero-order chi connectivity index (χ0) is 25.8. The number of methoxy groups -OCH3 is 3. The number of carbonyl (C=O) groups is 1. The van der Waals surface area contributed by atoms with Gasteiger partial charge in [0, 0.05) is 18.4 Å². The number of ether oxygens (including phenoxy) is 4. The maximum Gasteiger partial charge on any atom is 0.244 e. The maximum atomic E-state index is 12.4. The van der Waals surface area contributed by atoms with E-state index in [4.69, 9.17) is 18.9 Å². The molecule has 0 aliphatic carbocycles. The van der Waals surface area contributed by atoms with Gasteiger partial charge in [-0.25, -0.2) is 0 Å². The fraction of sp³-hybridized carbons (Fsp3) is 0.269. The van der Waals surface area contributed by atoms with Crippen molar-refractivity contribution in [3.63, 3.8) is 0 Å². The van der Waals surface area contributed by atoms with E-state index in [1.54, 1.807) is 45.6 Å². The number of thioether (sulfide) groups is 1. The van der Waals surface area contributed by atoms with E-state index in [1.165, 1.54) is 17.8 Å². The van der Waals surface area contributed by atoms with Gasteiger partial charge in [0.2, 0.25) is 5.91 Å². The van der Waals surface area contributed by atoms with Gasteiger partial charge >= 0.3 is 0 Å². The number of carbonyl (C=O) groups excluding carboxylic acids is 1. The molecule has 9 nitrogen and oxygen atoms in total. The Morgan fingerprint density at radius 2 is 1.78 bits per heavy atom. The van der Waals surface area contributed by atoms with Gasteiger partial charge in [-0.2, -0.15) is 0 Å². The number of amides is 1. The number of nitrogens with one attached hydrogen (secondary N) is 1. The fourth-order valence-corrected chi connectivity index (χ4v) is 3.97. The summed E-state index contributed by atoms with van der Waals surface area (Å²) in [6.45, 7) is 5.08. The number of nitrogens with zero attached hydrogens (tertiary/aromatic N) is 3. The second-order valence-electron chi connectivity index (χ2n) is 7.34. The first-order valence-corrected chi connectivity index (χ1v) is 12.2. The van der Waals surface area contributed by atoms with E-state index in [9.17, 15) is 4.79 Å². The largest absolute Gasteiger partial charge is 0.497 e. The first-order valence-electron chi connectivity index (χ1n) is 11.2. The van der Waals surface area contributed by atoms with Crippen LogP contribution in [0.25, 0.3) is 6.08 Å². The zero-order valence-electron chi connectivity index (χ0n) is 20.6. The van der Waals surface area contributed by atoms with Crippen LogP contribution in [0.3, 0.4) is 0 Å². The molecule has 1 N–H and O–H groups in total. The molecule has 3 aromatic rings. The Morgan fingerprint density at radius 1 is 1.03 bits per heavy atom. The molecule has 0 bridgehead atoms. The molecule has 1 heterocycles. The summed E-state index contributed by atoms with van der Waals surface area (Å²) in [5.74, 6) is 3.85. The Morgan fingerprint density at radius 3 is 2.47 bits per heavy atom. The van der Waals surface area contributed by atoms with Crippen LogP contribution in [0.5, 0.6) is 23.0 Å². The van der Waals surface area contributed by atoms with Gasteiger partial charge in [-0.3, -0.25) is 4.79 Å². The normalized spacial score (nSPS) is 10.8. The molecule has 0 atom stereocenters. The Balaban J connectivity index is 1.52. The molecular formula is C26H30N4O5S. The van der Waals surface area contributed by atoms with Crippen LogP contribution in [-0.2, 0) is 17.9 Å². The van der Waals surface area contributed by atoms with Gasteiger partial charge in [0.15, 0.2) is 22.5 Å². The molecule has 0 aliphatic heterocycles. The highest BCUT2D eigenvalue weighted by Gasteiger charge is 2.12. The van der Waals surface area contributed by atoms with Crippen molar-refractivity contribution in [2.45, 2.75) is 18.2 Å². The Bertz CT molecular complexity index is 1180. The van der Waals surface area contributed by atoms with Gasteiger partial charge in [0.25, 0.3) is 0 Å². The van der Waals surface area contributed by atoms with Crippen molar-refractivity contribution in [1.82, 2.24) is 20.1 Å². The Hall–Kier alpha value is -3.92. The minimum Gasteiger partial charge on any atom is -0.497 e. The lowest BCUT2D eigenvalue weighted by Crippen LogP contribution is -2.22. The Labute approximate surface area is 215 Å². The number of benzene rings is 2. The second kappa shape index (κ2) is 13.8. The van der Waals surface area contributed by atoms with Crippen LogP contribution < -0.4 is 24.3 Å². The van der Waals surface area contributed by atoms with E-state index >= 15 is 0 Å². The maximum absolute atomic E-state index is 12.4. The summed E-state index contributed by atoms with van der Waals surface area (Å²) in [6, 6.07) is 12.9. The highest BCUT2D eigenvalue weighted by molar-refractivity contribution is 7.99. The van der Waals surface area contributed by atoms with Gasteiger partial charge < -0.3 is 28.8 Å². The third-order valence-corrected chi connectivity index (χ3v) is 5.93. The second-order valence-corrected chi connectivity index (χ2v) is 8.40. The smallest absolute Gasteiger partial charge is 0.244 e. The highest BCUT2D eigenvalue weighted by atomic mass is 32.2. The summed E-state index contributed by atoms with van der Waals surface area (Å²) >= 11 is 1.53. The fourth-order valence-electron chi connectivity index (χ4n) is 3.19. The van der Waals surface area contributed by atoms with E-state index in [0.29, 0.717) is 36.2 Å². The molecular weight excluding hydrogens is 480 g/mol. The third kappa shape index (κ3) is 7.54. The van der Waals surface area contributed by atoms with Crippen molar-refractivity contribution in [2.24, 2.45) is 0 Å². The summed E-state index contributed by atoms with van der Waals surface area (Å²) < 4.78 is 23.4. The summed E-state index contributed by atoms with van der Waals surface area (Å²) in [5.41, 5.74) is 0.813. The van der Waals surface area contributed by atoms with Gasteiger partial charge in [0.1, 0.15) is 11.5 Å². The molecule has 0 fully saturated rings. The van der Waals surface area contributed by atoms with Crippen molar-refractivity contribution < 1.29 is 23.7 Å².